The molecule has 0 saturated carbocycles. The summed E-state index contributed by atoms with van der Waals surface area (Å²) in [5, 5.41) is 10.6. The van der Waals surface area contributed by atoms with E-state index in [4.69, 9.17) is 0 Å². The van der Waals surface area contributed by atoms with Crippen LogP contribution in [0.25, 0.3) is 0 Å². The van der Waals surface area contributed by atoms with Crippen LogP contribution >= 0.6 is 0 Å². The fourth-order valence-corrected chi connectivity index (χ4v) is 2.32. The fraction of sp³-hybridized carbons (Fsp3) is 0.846. The van der Waals surface area contributed by atoms with Crippen LogP contribution in [0.5, 0.6) is 0 Å². The Morgan fingerprint density at radius 1 is 1.43 bits per heavy atom. The summed E-state index contributed by atoms with van der Waals surface area (Å²) in [6.45, 7) is 8.76. The normalized spacial score (nSPS) is 33.4. The van der Waals surface area contributed by atoms with Gasteiger partial charge in [-0.25, -0.2) is 0 Å². The molecule has 1 N–H and O–H groups in total. The van der Waals surface area contributed by atoms with Crippen molar-refractivity contribution in [2.75, 3.05) is 0 Å². The summed E-state index contributed by atoms with van der Waals surface area (Å²) in [6.07, 6.45) is 8.34. The topological polar surface area (TPSA) is 20.2 Å². The molecule has 2 unspecified atom stereocenters. The van der Waals surface area contributed by atoms with E-state index in [2.05, 4.69) is 33.8 Å². The van der Waals surface area contributed by atoms with Gasteiger partial charge in [-0.05, 0) is 37.0 Å². The maximum atomic E-state index is 10.6. The standard InChI is InChI=1S/C13H24O/c1-5-12(4,6-2)13(14)9-7-11(3)8-10-13/h7,9,11,14H,5-6,8,10H2,1-4H3. The molecular weight excluding hydrogens is 172 g/mol. The van der Waals surface area contributed by atoms with E-state index < -0.39 is 5.60 Å². The first-order valence-electron chi connectivity index (χ1n) is 5.89. The second-order valence-electron chi connectivity index (χ2n) is 5.07. The second-order valence-corrected chi connectivity index (χ2v) is 5.07. The molecule has 0 heterocycles. The molecule has 0 radical (unpaired) electrons. The number of hydrogen-bond acceptors (Lipinski definition) is 1. The van der Waals surface area contributed by atoms with Gasteiger partial charge < -0.3 is 5.11 Å². The van der Waals surface area contributed by atoms with E-state index in [1.54, 1.807) is 0 Å². The Morgan fingerprint density at radius 3 is 2.36 bits per heavy atom. The van der Waals surface area contributed by atoms with Gasteiger partial charge in [0, 0.05) is 0 Å². The van der Waals surface area contributed by atoms with Crippen LogP contribution in [0, 0.1) is 11.3 Å². The van der Waals surface area contributed by atoms with Gasteiger partial charge in [-0.3, -0.25) is 0 Å². The van der Waals surface area contributed by atoms with E-state index in [9.17, 15) is 5.11 Å². The minimum absolute atomic E-state index is 0.0453. The summed E-state index contributed by atoms with van der Waals surface area (Å²) in [5.74, 6) is 0.633. The SMILES string of the molecule is CCC(C)(CC)C1(O)C=CC(C)CC1. The van der Waals surface area contributed by atoms with E-state index in [1.807, 2.05) is 6.08 Å². The van der Waals surface area contributed by atoms with Crippen LogP contribution in [0.1, 0.15) is 53.4 Å². The van der Waals surface area contributed by atoms with Gasteiger partial charge in [0.25, 0.3) is 0 Å². The Hall–Kier alpha value is -0.300. The molecule has 2 atom stereocenters. The summed E-state index contributed by atoms with van der Waals surface area (Å²) >= 11 is 0. The van der Waals surface area contributed by atoms with Crippen LogP contribution in [-0.2, 0) is 0 Å². The van der Waals surface area contributed by atoms with Crippen molar-refractivity contribution in [2.45, 2.75) is 59.0 Å². The average molecular weight is 196 g/mol. The van der Waals surface area contributed by atoms with Crippen molar-refractivity contribution in [3.05, 3.63) is 12.2 Å². The third kappa shape index (κ3) is 1.88. The van der Waals surface area contributed by atoms with Crippen LogP contribution in [0.3, 0.4) is 0 Å². The third-order valence-corrected chi connectivity index (χ3v) is 4.29. The maximum absolute atomic E-state index is 10.6. The molecule has 0 aromatic carbocycles. The highest BCUT2D eigenvalue weighted by atomic mass is 16.3. The Bertz CT molecular complexity index is 215. The Kier molecular flexibility index (Phi) is 3.41. The molecule has 1 aliphatic rings. The Balaban J connectivity index is 2.89. The molecule has 14 heavy (non-hydrogen) atoms. The summed E-state index contributed by atoms with van der Waals surface area (Å²) < 4.78 is 0. The maximum Gasteiger partial charge on any atom is 0.0881 e. The lowest BCUT2D eigenvalue weighted by Gasteiger charge is -2.45. The molecule has 0 spiro atoms. The molecule has 1 nitrogen and oxygen atoms in total. The predicted molar refractivity (Wildman–Crippen MR) is 61.2 cm³/mol. The van der Waals surface area contributed by atoms with Gasteiger partial charge in [-0.2, -0.15) is 0 Å². The number of rotatable bonds is 3. The summed E-state index contributed by atoms with van der Waals surface area (Å²) in [6, 6.07) is 0. The van der Waals surface area contributed by atoms with E-state index >= 15 is 0 Å². The molecule has 1 rings (SSSR count). The smallest absolute Gasteiger partial charge is 0.0881 e. The molecule has 0 saturated heterocycles. The van der Waals surface area contributed by atoms with Crippen LogP contribution in [0.2, 0.25) is 0 Å². The van der Waals surface area contributed by atoms with Gasteiger partial charge in [0.05, 0.1) is 5.60 Å². The van der Waals surface area contributed by atoms with Crippen LogP contribution in [0.15, 0.2) is 12.2 Å². The van der Waals surface area contributed by atoms with Gasteiger partial charge >= 0.3 is 0 Å². The van der Waals surface area contributed by atoms with Crippen molar-refractivity contribution < 1.29 is 5.11 Å². The number of aliphatic hydroxyl groups is 1. The zero-order valence-electron chi connectivity index (χ0n) is 10.0. The molecule has 0 amide bonds. The lowest BCUT2D eigenvalue weighted by atomic mass is 9.65. The summed E-state index contributed by atoms with van der Waals surface area (Å²) in [7, 11) is 0. The lowest BCUT2D eigenvalue weighted by molar-refractivity contribution is -0.0535. The molecule has 0 aromatic rings. The van der Waals surface area contributed by atoms with Gasteiger partial charge in [0.15, 0.2) is 0 Å². The molecular formula is C13H24O. The van der Waals surface area contributed by atoms with E-state index in [-0.39, 0.29) is 5.41 Å². The first-order chi connectivity index (χ1) is 6.47. The molecule has 1 aliphatic carbocycles. The first-order valence-corrected chi connectivity index (χ1v) is 5.89. The van der Waals surface area contributed by atoms with Crippen molar-refractivity contribution in [3.8, 4) is 0 Å². The second kappa shape index (κ2) is 4.06. The molecule has 1 heteroatoms. The van der Waals surface area contributed by atoms with E-state index in [0.717, 1.165) is 25.7 Å². The molecule has 0 bridgehead atoms. The quantitative estimate of drug-likeness (QED) is 0.685. The highest BCUT2D eigenvalue weighted by Gasteiger charge is 2.43. The van der Waals surface area contributed by atoms with Gasteiger partial charge in [-0.15, -0.1) is 0 Å². The van der Waals surface area contributed by atoms with Gasteiger partial charge in [0.1, 0.15) is 0 Å². The van der Waals surface area contributed by atoms with E-state index in [1.165, 1.54) is 0 Å². The Labute approximate surface area is 88.2 Å². The van der Waals surface area contributed by atoms with Crippen molar-refractivity contribution >= 4 is 0 Å². The summed E-state index contributed by atoms with van der Waals surface area (Å²) in [5.41, 5.74) is -0.521. The van der Waals surface area contributed by atoms with Gasteiger partial charge in [0.2, 0.25) is 0 Å². The van der Waals surface area contributed by atoms with Gasteiger partial charge in [-0.1, -0.05) is 39.8 Å². The largest absolute Gasteiger partial charge is 0.385 e. The number of allylic oxidation sites excluding steroid dienone is 1. The highest BCUT2D eigenvalue weighted by Crippen LogP contribution is 2.44. The fourth-order valence-electron chi connectivity index (χ4n) is 2.32. The zero-order chi connectivity index (χ0) is 10.8. The molecule has 0 fully saturated rings. The number of hydrogen-bond donors (Lipinski definition) is 1. The monoisotopic (exact) mass is 196 g/mol. The van der Waals surface area contributed by atoms with Crippen LogP contribution < -0.4 is 0 Å². The van der Waals surface area contributed by atoms with Crippen molar-refractivity contribution in [3.63, 3.8) is 0 Å². The van der Waals surface area contributed by atoms with Crippen LogP contribution in [-0.4, -0.2) is 10.7 Å². The van der Waals surface area contributed by atoms with Crippen LogP contribution in [0.4, 0.5) is 0 Å². The van der Waals surface area contributed by atoms with Crippen molar-refractivity contribution in [2.24, 2.45) is 11.3 Å². The molecule has 0 aromatic heterocycles. The minimum Gasteiger partial charge on any atom is -0.385 e. The Morgan fingerprint density at radius 2 is 2.00 bits per heavy atom. The molecule has 82 valence electrons. The predicted octanol–water partition coefficient (Wildman–Crippen LogP) is 3.53. The average Bonchev–Trinajstić information content (AvgIpc) is 2.21. The first kappa shape index (κ1) is 11.8. The highest BCUT2D eigenvalue weighted by molar-refractivity contribution is 5.13. The lowest BCUT2D eigenvalue weighted by Crippen LogP contribution is -2.45. The zero-order valence-corrected chi connectivity index (χ0v) is 10.0. The van der Waals surface area contributed by atoms with E-state index in [0.29, 0.717) is 5.92 Å². The van der Waals surface area contributed by atoms with Crippen molar-refractivity contribution in [1.82, 2.24) is 0 Å². The molecule has 0 aliphatic heterocycles. The van der Waals surface area contributed by atoms with Crippen molar-refractivity contribution in [1.29, 1.82) is 0 Å². The minimum atomic E-state index is -0.566. The summed E-state index contributed by atoms with van der Waals surface area (Å²) in [4.78, 5) is 0. The third-order valence-electron chi connectivity index (χ3n) is 4.29.